The van der Waals surface area contributed by atoms with E-state index in [2.05, 4.69) is 0 Å². The number of aliphatic carboxylic acids is 1. The summed E-state index contributed by atoms with van der Waals surface area (Å²) in [6.45, 7) is 3.10. The van der Waals surface area contributed by atoms with Gasteiger partial charge in [0.15, 0.2) is 0 Å². The summed E-state index contributed by atoms with van der Waals surface area (Å²) in [6, 6.07) is -0.107. The van der Waals surface area contributed by atoms with Gasteiger partial charge >= 0.3 is 5.97 Å². The molecular formula is C16H26N2O5. The van der Waals surface area contributed by atoms with Crippen LogP contribution in [-0.2, 0) is 19.1 Å². The Labute approximate surface area is 136 Å². The Hall–Kier alpha value is -1.63. The average Bonchev–Trinajstić information content (AvgIpc) is 2.86. The molecule has 2 fully saturated rings. The van der Waals surface area contributed by atoms with Crippen molar-refractivity contribution in [3.8, 4) is 0 Å². The molecule has 0 spiro atoms. The van der Waals surface area contributed by atoms with Crippen LogP contribution in [-0.4, -0.2) is 71.1 Å². The lowest BCUT2D eigenvalue weighted by molar-refractivity contribution is -0.145. The topological polar surface area (TPSA) is 87.2 Å². The third-order valence-corrected chi connectivity index (χ3v) is 4.63. The van der Waals surface area contributed by atoms with Gasteiger partial charge in [-0.1, -0.05) is 0 Å². The zero-order chi connectivity index (χ0) is 16.8. The third-order valence-electron chi connectivity index (χ3n) is 4.63. The van der Waals surface area contributed by atoms with Crippen molar-refractivity contribution in [1.82, 2.24) is 9.80 Å². The highest BCUT2D eigenvalue weighted by Crippen LogP contribution is 2.20. The van der Waals surface area contributed by atoms with Crippen molar-refractivity contribution in [3.05, 3.63) is 0 Å². The Kier molecular flexibility index (Phi) is 6.38. The fourth-order valence-corrected chi connectivity index (χ4v) is 3.41. The predicted octanol–water partition coefficient (Wildman–Crippen LogP) is 0.870. The molecule has 0 aromatic carbocycles. The quantitative estimate of drug-likeness (QED) is 0.810. The Morgan fingerprint density at radius 2 is 1.96 bits per heavy atom. The molecule has 7 heteroatoms. The highest BCUT2D eigenvalue weighted by atomic mass is 16.5. The van der Waals surface area contributed by atoms with Crippen LogP contribution in [0.5, 0.6) is 0 Å². The number of carbonyl (C=O) groups is 3. The molecule has 2 rings (SSSR count). The fraction of sp³-hybridized carbons (Fsp3) is 0.812. The van der Waals surface area contributed by atoms with Crippen LogP contribution in [0.3, 0.4) is 0 Å². The van der Waals surface area contributed by atoms with E-state index in [0.29, 0.717) is 25.9 Å². The number of nitrogens with zero attached hydrogens (tertiary/aromatic N) is 2. The van der Waals surface area contributed by atoms with Crippen LogP contribution in [0, 0.1) is 0 Å². The van der Waals surface area contributed by atoms with Gasteiger partial charge in [0, 0.05) is 32.7 Å². The first kappa shape index (κ1) is 17.7. The Balaban J connectivity index is 1.88. The summed E-state index contributed by atoms with van der Waals surface area (Å²) in [6.07, 6.45) is 4.58. The first-order valence-electron chi connectivity index (χ1n) is 8.35. The van der Waals surface area contributed by atoms with Gasteiger partial charge in [-0.3, -0.25) is 14.4 Å². The van der Waals surface area contributed by atoms with E-state index in [-0.39, 0.29) is 30.5 Å². The van der Waals surface area contributed by atoms with Crippen molar-refractivity contribution in [2.45, 2.75) is 57.6 Å². The number of hydrogen-bond acceptors (Lipinski definition) is 4. The molecule has 0 saturated carbocycles. The van der Waals surface area contributed by atoms with Crippen molar-refractivity contribution in [2.75, 3.05) is 26.2 Å². The SMILES string of the molecule is CC(=O)N(CC(=O)O)C1CCCN(C(=O)CC2CCCO2)CC1. The molecule has 2 heterocycles. The first-order valence-corrected chi connectivity index (χ1v) is 8.35. The number of carboxylic acids is 1. The van der Waals surface area contributed by atoms with E-state index < -0.39 is 5.97 Å². The van der Waals surface area contributed by atoms with Crippen LogP contribution in [0.4, 0.5) is 0 Å². The van der Waals surface area contributed by atoms with E-state index >= 15 is 0 Å². The first-order chi connectivity index (χ1) is 11.0. The minimum Gasteiger partial charge on any atom is -0.480 e. The summed E-state index contributed by atoms with van der Waals surface area (Å²) in [7, 11) is 0. The molecule has 0 bridgehead atoms. The van der Waals surface area contributed by atoms with Crippen molar-refractivity contribution < 1.29 is 24.2 Å². The van der Waals surface area contributed by atoms with Crippen molar-refractivity contribution >= 4 is 17.8 Å². The lowest BCUT2D eigenvalue weighted by Gasteiger charge is -2.29. The molecule has 1 N–H and O–H groups in total. The van der Waals surface area contributed by atoms with Crippen LogP contribution in [0.15, 0.2) is 0 Å². The van der Waals surface area contributed by atoms with Gasteiger partial charge in [-0.2, -0.15) is 0 Å². The number of ether oxygens (including phenoxy) is 1. The maximum Gasteiger partial charge on any atom is 0.323 e. The lowest BCUT2D eigenvalue weighted by atomic mass is 10.1. The van der Waals surface area contributed by atoms with E-state index in [9.17, 15) is 14.4 Å². The van der Waals surface area contributed by atoms with Gasteiger partial charge in [0.05, 0.1) is 12.5 Å². The van der Waals surface area contributed by atoms with E-state index in [1.54, 1.807) is 0 Å². The largest absolute Gasteiger partial charge is 0.480 e. The second kappa shape index (κ2) is 8.29. The summed E-state index contributed by atoms with van der Waals surface area (Å²) in [5.41, 5.74) is 0. The van der Waals surface area contributed by atoms with Crippen molar-refractivity contribution in [3.63, 3.8) is 0 Å². The van der Waals surface area contributed by atoms with Crippen LogP contribution in [0.1, 0.15) is 45.4 Å². The number of likely N-dealkylation sites (tertiary alicyclic amines) is 1. The lowest BCUT2D eigenvalue weighted by Crippen LogP contribution is -2.43. The minimum atomic E-state index is -1.00. The molecule has 2 saturated heterocycles. The van der Waals surface area contributed by atoms with Crippen LogP contribution < -0.4 is 0 Å². The monoisotopic (exact) mass is 326 g/mol. The molecule has 2 aliphatic rings. The second-order valence-electron chi connectivity index (χ2n) is 6.35. The molecule has 2 unspecified atom stereocenters. The summed E-state index contributed by atoms with van der Waals surface area (Å²) in [5.74, 6) is -1.13. The van der Waals surface area contributed by atoms with Gasteiger partial charge in [0.1, 0.15) is 6.54 Å². The van der Waals surface area contributed by atoms with Gasteiger partial charge in [0.25, 0.3) is 0 Å². The van der Waals surface area contributed by atoms with Crippen LogP contribution in [0.2, 0.25) is 0 Å². The van der Waals surface area contributed by atoms with Gasteiger partial charge < -0.3 is 19.6 Å². The van der Waals surface area contributed by atoms with Gasteiger partial charge in [-0.15, -0.1) is 0 Å². The van der Waals surface area contributed by atoms with Crippen molar-refractivity contribution in [2.24, 2.45) is 0 Å². The average molecular weight is 326 g/mol. The highest BCUT2D eigenvalue weighted by Gasteiger charge is 2.29. The Morgan fingerprint density at radius 3 is 2.57 bits per heavy atom. The molecule has 7 nitrogen and oxygen atoms in total. The second-order valence-corrected chi connectivity index (χ2v) is 6.35. The van der Waals surface area contributed by atoms with Crippen LogP contribution in [0.25, 0.3) is 0 Å². The maximum absolute atomic E-state index is 12.4. The molecule has 0 radical (unpaired) electrons. The summed E-state index contributed by atoms with van der Waals surface area (Å²) in [4.78, 5) is 38.3. The Bertz CT molecular complexity index is 448. The maximum atomic E-state index is 12.4. The van der Waals surface area contributed by atoms with E-state index in [1.165, 1.54) is 11.8 Å². The van der Waals surface area contributed by atoms with Gasteiger partial charge in [-0.25, -0.2) is 0 Å². The third kappa shape index (κ3) is 5.20. The minimum absolute atomic E-state index is 0.0438. The molecule has 2 aliphatic heterocycles. The number of carbonyl (C=O) groups excluding carboxylic acids is 2. The Morgan fingerprint density at radius 1 is 1.17 bits per heavy atom. The normalized spacial score (nSPS) is 25.0. The van der Waals surface area contributed by atoms with Gasteiger partial charge in [0.2, 0.25) is 11.8 Å². The van der Waals surface area contributed by atoms with Gasteiger partial charge in [-0.05, 0) is 32.1 Å². The number of carboxylic acid groups (broad SMARTS) is 1. The molecule has 2 atom stereocenters. The predicted molar refractivity (Wildman–Crippen MR) is 82.8 cm³/mol. The summed E-state index contributed by atoms with van der Waals surface area (Å²) >= 11 is 0. The van der Waals surface area contributed by atoms with Crippen molar-refractivity contribution in [1.29, 1.82) is 0 Å². The number of rotatable bonds is 5. The summed E-state index contributed by atoms with van der Waals surface area (Å²) in [5, 5.41) is 8.96. The molecule has 23 heavy (non-hydrogen) atoms. The molecule has 0 aliphatic carbocycles. The van der Waals surface area contributed by atoms with Crippen LogP contribution >= 0.6 is 0 Å². The fourth-order valence-electron chi connectivity index (χ4n) is 3.41. The molecular weight excluding hydrogens is 300 g/mol. The molecule has 2 amide bonds. The zero-order valence-electron chi connectivity index (χ0n) is 13.7. The standard InChI is InChI=1S/C16H26N2O5/c1-12(19)18(11-16(21)22)13-4-2-7-17(8-6-13)15(20)10-14-5-3-9-23-14/h13-14H,2-11H2,1H3,(H,21,22). The van der Waals surface area contributed by atoms with E-state index in [4.69, 9.17) is 9.84 Å². The number of hydrogen-bond donors (Lipinski definition) is 1. The van der Waals surface area contributed by atoms with E-state index in [0.717, 1.165) is 32.3 Å². The highest BCUT2D eigenvalue weighted by molar-refractivity contribution is 5.80. The molecule has 130 valence electrons. The molecule has 0 aromatic rings. The smallest absolute Gasteiger partial charge is 0.323 e. The zero-order valence-corrected chi connectivity index (χ0v) is 13.7. The molecule has 0 aromatic heterocycles. The number of amides is 2. The summed E-state index contributed by atoms with van der Waals surface area (Å²) < 4.78 is 5.51. The van der Waals surface area contributed by atoms with E-state index in [1.807, 2.05) is 4.90 Å².